The van der Waals surface area contributed by atoms with Gasteiger partial charge in [0.25, 0.3) is 0 Å². The van der Waals surface area contributed by atoms with Crippen LogP contribution in [0.1, 0.15) is 26.7 Å². The zero-order valence-corrected chi connectivity index (χ0v) is 8.67. The summed E-state index contributed by atoms with van der Waals surface area (Å²) in [4.78, 5) is 21.2. The van der Waals surface area contributed by atoms with E-state index in [4.69, 9.17) is 5.11 Å². The lowest BCUT2D eigenvalue weighted by molar-refractivity contribution is -0.139. The number of carboxylic acids is 1. The molecule has 0 aromatic heterocycles. The number of hydrogen-bond acceptors (Lipinski definition) is 3. The third-order valence-electron chi connectivity index (χ3n) is 1.77. The number of carboxylic acid groups (broad SMARTS) is 1. The Bertz CT molecular complexity index is 194. The molecular weight excluding hydrogens is 184 g/mol. The Morgan fingerprint density at radius 2 is 2.00 bits per heavy atom. The number of rotatable bonds is 7. The second-order valence-electron chi connectivity index (χ2n) is 3.12. The molecule has 0 bridgehead atoms. The normalized spacial score (nSPS) is 12.1. The molecule has 0 radical (unpaired) electrons. The first kappa shape index (κ1) is 12.9. The van der Waals surface area contributed by atoms with Crippen molar-refractivity contribution in [2.45, 2.75) is 32.7 Å². The molecule has 82 valence electrons. The van der Waals surface area contributed by atoms with Gasteiger partial charge in [0.2, 0.25) is 5.91 Å². The van der Waals surface area contributed by atoms with E-state index in [9.17, 15) is 9.59 Å². The lowest BCUT2D eigenvalue weighted by atomic mass is 10.2. The molecule has 1 unspecified atom stereocenters. The highest BCUT2D eigenvalue weighted by molar-refractivity contribution is 5.73. The topological polar surface area (TPSA) is 78.4 Å². The minimum absolute atomic E-state index is 0.103. The molecule has 14 heavy (non-hydrogen) atoms. The summed E-state index contributed by atoms with van der Waals surface area (Å²) in [5.41, 5.74) is 0. The number of amides is 1. The SMILES string of the molecule is CCCC(NCCNC(C)=O)C(=O)O. The standard InChI is InChI=1S/C9H18N2O3/c1-3-4-8(9(13)14)11-6-5-10-7(2)12/h8,11H,3-6H2,1-2H3,(H,10,12)(H,13,14). The molecule has 0 saturated heterocycles. The molecule has 0 aliphatic carbocycles. The van der Waals surface area contributed by atoms with Gasteiger partial charge in [-0.1, -0.05) is 13.3 Å². The summed E-state index contributed by atoms with van der Waals surface area (Å²) in [6, 6.07) is -0.506. The van der Waals surface area contributed by atoms with Crippen LogP contribution in [0.15, 0.2) is 0 Å². The fourth-order valence-electron chi connectivity index (χ4n) is 1.09. The number of aliphatic carboxylic acids is 1. The van der Waals surface area contributed by atoms with Gasteiger partial charge in [-0.2, -0.15) is 0 Å². The minimum Gasteiger partial charge on any atom is -0.480 e. The van der Waals surface area contributed by atoms with Crippen LogP contribution < -0.4 is 10.6 Å². The van der Waals surface area contributed by atoms with E-state index in [0.29, 0.717) is 19.5 Å². The summed E-state index contributed by atoms with van der Waals surface area (Å²) in [5.74, 6) is -0.941. The Labute approximate surface area is 83.9 Å². The van der Waals surface area contributed by atoms with Gasteiger partial charge < -0.3 is 15.7 Å². The van der Waals surface area contributed by atoms with Crippen LogP contribution in [0.3, 0.4) is 0 Å². The van der Waals surface area contributed by atoms with Gasteiger partial charge >= 0.3 is 5.97 Å². The Balaban J connectivity index is 3.61. The van der Waals surface area contributed by atoms with Crippen LogP contribution in [0.5, 0.6) is 0 Å². The third-order valence-corrected chi connectivity index (χ3v) is 1.77. The Morgan fingerprint density at radius 1 is 1.36 bits per heavy atom. The van der Waals surface area contributed by atoms with Crippen molar-refractivity contribution >= 4 is 11.9 Å². The van der Waals surface area contributed by atoms with Crippen molar-refractivity contribution in [2.75, 3.05) is 13.1 Å². The Kier molecular flexibility index (Phi) is 6.74. The zero-order chi connectivity index (χ0) is 11.0. The summed E-state index contributed by atoms with van der Waals surface area (Å²) in [6.45, 7) is 4.31. The van der Waals surface area contributed by atoms with Gasteiger partial charge in [0.05, 0.1) is 0 Å². The second-order valence-corrected chi connectivity index (χ2v) is 3.12. The molecule has 0 aromatic rings. The van der Waals surface area contributed by atoms with Crippen LogP contribution in [-0.4, -0.2) is 36.1 Å². The molecule has 0 aliphatic rings. The first-order valence-corrected chi connectivity index (χ1v) is 4.78. The molecule has 0 aromatic carbocycles. The number of carbonyl (C=O) groups excluding carboxylic acids is 1. The number of nitrogens with one attached hydrogen (secondary N) is 2. The van der Waals surface area contributed by atoms with Crippen molar-refractivity contribution < 1.29 is 14.7 Å². The molecule has 0 aliphatic heterocycles. The summed E-state index contributed by atoms with van der Waals surface area (Å²) in [5, 5.41) is 14.2. The summed E-state index contributed by atoms with van der Waals surface area (Å²) >= 11 is 0. The third kappa shape index (κ3) is 6.42. The van der Waals surface area contributed by atoms with E-state index in [0.717, 1.165) is 6.42 Å². The first-order valence-electron chi connectivity index (χ1n) is 4.78. The predicted molar refractivity (Wildman–Crippen MR) is 53.0 cm³/mol. The van der Waals surface area contributed by atoms with Gasteiger partial charge in [-0.05, 0) is 6.42 Å². The van der Waals surface area contributed by atoms with E-state index in [1.807, 2.05) is 6.92 Å². The average molecular weight is 202 g/mol. The van der Waals surface area contributed by atoms with Gasteiger partial charge in [0, 0.05) is 20.0 Å². The van der Waals surface area contributed by atoms with E-state index < -0.39 is 12.0 Å². The molecule has 0 rings (SSSR count). The maximum atomic E-state index is 10.7. The highest BCUT2D eigenvalue weighted by Gasteiger charge is 2.14. The maximum absolute atomic E-state index is 10.7. The predicted octanol–water partition coefficient (Wildman–Crippen LogP) is -0.0346. The molecule has 0 fully saturated rings. The number of hydrogen-bond donors (Lipinski definition) is 3. The van der Waals surface area contributed by atoms with E-state index in [2.05, 4.69) is 10.6 Å². The minimum atomic E-state index is -0.838. The van der Waals surface area contributed by atoms with Gasteiger partial charge in [0.15, 0.2) is 0 Å². The fourth-order valence-corrected chi connectivity index (χ4v) is 1.09. The van der Waals surface area contributed by atoms with Crippen LogP contribution in [0.25, 0.3) is 0 Å². The second kappa shape index (κ2) is 7.32. The van der Waals surface area contributed by atoms with E-state index >= 15 is 0 Å². The monoisotopic (exact) mass is 202 g/mol. The maximum Gasteiger partial charge on any atom is 0.320 e. The van der Waals surface area contributed by atoms with Gasteiger partial charge in [-0.15, -0.1) is 0 Å². The lowest BCUT2D eigenvalue weighted by Gasteiger charge is -2.13. The van der Waals surface area contributed by atoms with Crippen LogP contribution >= 0.6 is 0 Å². The highest BCUT2D eigenvalue weighted by atomic mass is 16.4. The zero-order valence-electron chi connectivity index (χ0n) is 8.67. The van der Waals surface area contributed by atoms with Crippen LogP contribution in [-0.2, 0) is 9.59 Å². The lowest BCUT2D eigenvalue weighted by Crippen LogP contribution is -2.40. The highest BCUT2D eigenvalue weighted by Crippen LogP contribution is 1.95. The van der Waals surface area contributed by atoms with Crippen LogP contribution in [0, 0.1) is 0 Å². The quantitative estimate of drug-likeness (QED) is 0.506. The average Bonchev–Trinajstić information content (AvgIpc) is 2.09. The van der Waals surface area contributed by atoms with Crippen molar-refractivity contribution in [1.29, 1.82) is 0 Å². The van der Waals surface area contributed by atoms with E-state index in [-0.39, 0.29) is 5.91 Å². The number of carbonyl (C=O) groups is 2. The van der Waals surface area contributed by atoms with E-state index in [1.54, 1.807) is 0 Å². The van der Waals surface area contributed by atoms with Crippen molar-refractivity contribution in [2.24, 2.45) is 0 Å². The molecule has 1 atom stereocenters. The van der Waals surface area contributed by atoms with Crippen molar-refractivity contribution in [3.63, 3.8) is 0 Å². The molecule has 0 saturated carbocycles. The van der Waals surface area contributed by atoms with Crippen molar-refractivity contribution in [3.8, 4) is 0 Å². The van der Waals surface area contributed by atoms with Crippen LogP contribution in [0.4, 0.5) is 0 Å². The molecule has 5 nitrogen and oxygen atoms in total. The summed E-state index contributed by atoms with van der Waals surface area (Å²) in [6.07, 6.45) is 1.43. The largest absolute Gasteiger partial charge is 0.480 e. The van der Waals surface area contributed by atoms with Gasteiger partial charge in [-0.3, -0.25) is 9.59 Å². The summed E-state index contributed by atoms with van der Waals surface area (Å²) < 4.78 is 0. The Hall–Kier alpha value is -1.10. The molecule has 3 N–H and O–H groups in total. The molecule has 5 heteroatoms. The van der Waals surface area contributed by atoms with Crippen LogP contribution in [0.2, 0.25) is 0 Å². The Morgan fingerprint density at radius 3 is 2.43 bits per heavy atom. The fraction of sp³-hybridized carbons (Fsp3) is 0.778. The molecular formula is C9H18N2O3. The van der Waals surface area contributed by atoms with Crippen molar-refractivity contribution in [1.82, 2.24) is 10.6 Å². The molecule has 1 amide bonds. The van der Waals surface area contributed by atoms with Gasteiger partial charge in [-0.25, -0.2) is 0 Å². The first-order chi connectivity index (χ1) is 6.57. The van der Waals surface area contributed by atoms with Crippen molar-refractivity contribution in [3.05, 3.63) is 0 Å². The van der Waals surface area contributed by atoms with Gasteiger partial charge in [0.1, 0.15) is 6.04 Å². The smallest absolute Gasteiger partial charge is 0.320 e. The summed E-state index contributed by atoms with van der Waals surface area (Å²) in [7, 11) is 0. The van der Waals surface area contributed by atoms with E-state index in [1.165, 1.54) is 6.92 Å². The molecule has 0 heterocycles. The molecule has 0 spiro atoms.